The van der Waals surface area contributed by atoms with E-state index in [1.165, 1.54) is 11.4 Å². The number of para-hydroxylation sites is 1. The van der Waals surface area contributed by atoms with E-state index in [2.05, 4.69) is 15.9 Å². The summed E-state index contributed by atoms with van der Waals surface area (Å²) in [6, 6.07) is 12.9. The molecule has 0 fully saturated rings. The van der Waals surface area contributed by atoms with Gasteiger partial charge in [-0.15, -0.1) is 0 Å². The van der Waals surface area contributed by atoms with Gasteiger partial charge in [0.2, 0.25) is 10.0 Å². The third-order valence-electron chi connectivity index (χ3n) is 3.43. The number of phenolic OH excluding ortho intramolecular Hbond substituents is 1. The highest BCUT2D eigenvalue weighted by atomic mass is 79.9. The molecule has 0 aliphatic heterocycles. The van der Waals surface area contributed by atoms with Gasteiger partial charge in [0.15, 0.2) is 0 Å². The highest BCUT2D eigenvalue weighted by Gasteiger charge is 2.28. The van der Waals surface area contributed by atoms with Gasteiger partial charge in [0.1, 0.15) is 5.75 Å². The van der Waals surface area contributed by atoms with E-state index in [4.69, 9.17) is 0 Å². The average molecular weight is 370 g/mol. The number of benzene rings is 2. The van der Waals surface area contributed by atoms with Gasteiger partial charge in [-0.05, 0) is 41.1 Å². The summed E-state index contributed by atoms with van der Waals surface area (Å²) >= 11 is 3.27. The molecule has 6 heteroatoms. The Morgan fingerprint density at radius 3 is 2.29 bits per heavy atom. The van der Waals surface area contributed by atoms with Gasteiger partial charge in [-0.2, -0.15) is 4.31 Å². The Morgan fingerprint density at radius 2 is 1.67 bits per heavy atom. The molecule has 1 atom stereocenters. The van der Waals surface area contributed by atoms with Crippen LogP contribution < -0.4 is 0 Å². The first-order valence-electron chi connectivity index (χ1n) is 6.36. The molecule has 2 rings (SSSR count). The molecule has 4 nitrogen and oxygen atoms in total. The number of sulfonamides is 1. The summed E-state index contributed by atoms with van der Waals surface area (Å²) in [7, 11) is -2.15. The minimum Gasteiger partial charge on any atom is -0.508 e. The second-order valence-corrected chi connectivity index (χ2v) is 7.51. The van der Waals surface area contributed by atoms with Crippen LogP contribution in [0.2, 0.25) is 0 Å². The van der Waals surface area contributed by atoms with Crippen LogP contribution in [0.4, 0.5) is 0 Å². The van der Waals surface area contributed by atoms with Gasteiger partial charge in [-0.25, -0.2) is 8.42 Å². The van der Waals surface area contributed by atoms with Crippen molar-refractivity contribution in [3.63, 3.8) is 0 Å². The molecular weight excluding hydrogens is 354 g/mol. The van der Waals surface area contributed by atoms with Crippen molar-refractivity contribution in [2.24, 2.45) is 0 Å². The first-order chi connectivity index (χ1) is 9.85. The second kappa shape index (κ2) is 6.17. The number of rotatable bonds is 4. The lowest BCUT2D eigenvalue weighted by Gasteiger charge is -2.25. The van der Waals surface area contributed by atoms with Gasteiger partial charge in [0.05, 0.1) is 10.9 Å². The largest absolute Gasteiger partial charge is 0.508 e. The van der Waals surface area contributed by atoms with Crippen LogP contribution in [0, 0.1) is 0 Å². The number of phenols is 1. The number of hydrogen-bond donors (Lipinski definition) is 1. The number of hydrogen-bond acceptors (Lipinski definition) is 3. The maximum absolute atomic E-state index is 12.7. The van der Waals surface area contributed by atoms with E-state index in [-0.39, 0.29) is 10.6 Å². The minimum absolute atomic E-state index is 0.0826. The van der Waals surface area contributed by atoms with Crippen LogP contribution in [0.25, 0.3) is 0 Å². The molecule has 2 aromatic carbocycles. The topological polar surface area (TPSA) is 57.6 Å². The van der Waals surface area contributed by atoms with E-state index in [0.29, 0.717) is 10.0 Å². The first kappa shape index (κ1) is 16.0. The summed E-state index contributed by atoms with van der Waals surface area (Å²) in [5.74, 6) is 0.0826. The molecule has 112 valence electrons. The van der Waals surface area contributed by atoms with E-state index >= 15 is 0 Å². The average Bonchev–Trinajstić information content (AvgIpc) is 2.46. The van der Waals surface area contributed by atoms with Crippen molar-refractivity contribution in [2.45, 2.75) is 17.9 Å². The Morgan fingerprint density at radius 1 is 1.10 bits per heavy atom. The Hall–Kier alpha value is -1.37. The predicted molar refractivity (Wildman–Crippen MR) is 85.6 cm³/mol. The maximum atomic E-state index is 12.7. The van der Waals surface area contributed by atoms with Gasteiger partial charge in [-0.1, -0.05) is 30.3 Å². The zero-order valence-corrected chi connectivity index (χ0v) is 14.1. The molecule has 0 amide bonds. The summed E-state index contributed by atoms with van der Waals surface area (Å²) in [5, 5.41) is 9.89. The monoisotopic (exact) mass is 369 g/mol. The lowest BCUT2D eigenvalue weighted by atomic mass is 10.1. The number of aromatic hydroxyl groups is 1. The van der Waals surface area contributed by atoms with Crippen LogP contribution in [0.15, 0.2) is 57.9 Å². The molecule has 0 heterocycles. The standard InChI is InChI=1S/C15H16BrNO3S/c1-11(12-7-3-5-9-14(12)18)17(2)21(19,20)15-10-6-4-8-13(15)16/h3-11,18H,1-2H3. The SMILES string of the molecule is CC(c1ccccc1O)N(C)S(=O)(=O)c1ccccc1Br. The van der Waals surface area contributed by atoms with Crippen molar-refractivity contribution in [3.8, 4) is 5.75 Å². The van der Waals surface area contributed by atoms with Crippen molar-refractivity contribution in [1.82, 2.24) is 4.31 Å². The lowest BCUT2D eigenvalue weighted by molar-refractivity contribution is 0.381. The molecule has 0 radical (unpaired) electrons. The maximum Gasteiger partial charge on any atom is 0.244 e. The third-order valence-corrected chi connectivity index (χ3v) is 6.37. The van der Waals surface area contributed by atoms with E-state index in [1.54, 1.807) is 55.5 Å². The normalized spacial score (nSPS) is 13.3. The quantitative estimate of drug-likeness (QED) is 0.896. The van der Waals surface area contributed by atoms with Crippen molar-refractivity contribution >= 4 is 26.0 Å². The van der Waals surface area contributed by atoms with E-state index in [9.17, 15) is 13.5 Å². The highest BCUT2D eigenvalue weighted by Crippen LogP contribution is 2.32. The summed E-state index contributed by atoms with van der Waals surface area (Å²) in [4.78, 5) is 0.203. The summed E-state index contributed by atoms with van der Waals surface area (Å²) in [5.41, 5.74) is 0.565. The fourth-order valence-electron chi connectivity index (χ4n) is 2.05. The molecule has 21 heavy (non-hydrogen) atoms. The van der Waals surface area contributed by atoms with Gasteiger partial charge in [0, 0.05) is 17.1 Å². The minimum atomic E-state index is -3.66. The van der Waals surface area contributed by atoms with Crippen LogP contribution in [-0.2, 0) is 10.0 Å². The van der Waals surface area contributed by atoms with Crippen LogP contribution >= 0.6 is 15.9 Å². The summed E-state index contributed by atoms with van der Waals surface area (Å²) < 4.78 is 27.2. The van der Waals surface area contributed by atoms with Crippen molar-refractivity contribution in [2.75, 3.05) is 7.05 Å². The smallest absolute Gasteiger partial charge is 0.244 e. The van der Waals surface area contributed by atoms with Gasteiger partial charge < -0.3 is 5.11 Å². The third kappa shape index (κ3) is 3.12. The van der Waals surface area contributed by atoms with Crippen LogP contribution in [0.1, 0.15) is 18.5 Å². The Balaban J connectivity index is 2.42. The van der Waals surface area contributed by atoms with Crippen LogP contribution in [-0.4, -0.2) is 24.9 Å². The zero-order valence-electron chi connectivity index (χ0n) is 11.7. The van der Waals surface area contributed by atoms with Gasteiger partial charge in [0.25, 0.3) is 0 Å². The molecule has 1 N–H and O–H groups in total. The molecule has 0 aromatic heterocycles. The fourth-order valence-corrected chi connectivity index (χ4v) is 4.36. The zero-order chi connectivity index (χ0) is 15.6. The Bertz CT molecular complexity index is 746. The molecule has 0 saturated carbocycles. The molecule has 0 spiro atoms. The Labute approximate surface area is 133 Å². The van der Waals surface area contributed by atoms with Crippen molar-refractivity contribution in [1.29, 1.82) is 0 Å². The molecule has 2 aromatic rings. The van der Waals surface area contributed by atoms with E-state index in [1.807, 2.05) is 0 Å². The summed E-state index contributed by atoms with van der Waals surface area (Å²) in [6.45, 7) is 1.74. The first-order valence-corrected chi connectivity index (χ1v) is 8.59. The molecule has 0 aliphatic rings. The Kier molecular flexibility index (Phi) is 4.70. The van der Waals surface area contributed by atoms with Crippen molar-refractivity contribution in [3.05, 3.63) is 58.6 Å². The summed E-state index contributed by atoms with van der Waals surface area (Å²) in [6.07, 6.45) is 0. The predicted octanol–water partition coefficient (Wildman–Crippen LogP) is 3.54. The van der Waals surface area contributed by atoms with Crippen LogP contribution in [0.3, 0.4) is 0 Å². The molecule has 0 bridgehead atoms. The number of nitrogens with zero attached hydrogens (tertiary/aromatic N) is 1. The second-order valence-electron chi connectivity index (χ2n) is 4.69. The molecule has 0 aliphatic carbocycles. The number of halogens is 1. The molecular formula is C15H16BrNO3S. The fraction of sp³-hybridized carbons (Fsp3) is 0.200. The van der Waals surface area contributed by atoms with E-state index in [0.717, 1.165) is 0 Å². The van der Waals surface area contributed by atoms with E-state index < -0.39 is 16.1 Å². The van der Waals surface area contributed by atoms with Gasteiger partial charge >= 0.3 is 0 Å². The highest BCUT2D eigenvalue weighted by molar-refractivity contribution is 9.10. The molecule has 0 saturated heterocycles. The lowest BCUT2D eigenvalue weighted by Crippen LogP contribution is -2.30. The van der Waals surface area contributed by atoms with Crippen LogP contribution in [0.5, 0.6) is 5.75 Å². The molecule has 1 unspecified atom stereocenters. The van der Waals surface area contributed by atoms with Gasteiger partial charge in [-0.3, -0.25) is 0 Å². The van der Waals surface area contributed by atoms with Crippen molar-refractivity contribution < 1.29 is 13.5 Å².